The number of nitrogens with one attached hydrogen (secondary N) is 1. The number of halogens is 1. The molecule has 100 valence electrons. The van der Waals surface area contributed by atoms with Gasteiger partial charge in [0, 0.05) is 29.6 Å². The van der Waals surface area contributed by atoms with Crippen molar-refractivity contribution in [2.24, 2.45) is 5.92 Å². The van der Waals surface area contributed by atoms with Gasteiger partial charge in [-0.05, 0) is 44.9 Å². The van der Waals surface area contributed by atoms with Crippen LogP contribution in [0.2, 0.25) is 5.02 Å². The highest BCUT2D eigenvalue weighted by Crippen LogP contribution is 2.34. The van der Waals surface area contributed by atoms with Crippen LogP contribution in [0.3, 0.4) is 0 Å². The number of ether oxygens (including phenoxy) is 1. The third kappa shape index (κ3) is 3.71. The molecule has 18 heavy (non-hydrogen) atoms. The van der Waals surface area contributed by atoms with Crippen LogP contribution in [0.5, 0.6) is 0 Å². The Labute approximate surface area is 115 Å². The van der Waals surface area contributed by atoms with E-state index in [2.05, 4.69) is 38.2 Å². The first-order valence-corrected chi connectivity index (χ1v) is 6.95. The number of hydrogen-bond donors (Lipinski definition) is 1. The highest BCUT2D eigenvalue weighted by molar-refractivity contribution is 6.30. The topological polar surface area (TPSA) is 21.3 Å². The maximum Gasteiger partial charge on any atom is 0.0866 e. The number of hydrogen-bond acceptors (Lipinski definition) is 2. The first kappa shape index (κ1) is 13.9. The lowest BCUT2D eigenvalue weighted by molar-refractivity contribution is 0.0889. The fourth-order valence-corrected chi connectivity index (χ4v) is 2.43. The van der Waals surface area contributed by atoms with E-state index >= 15 is 0 Å². The second kappa shape index (κ2) is 5.60. The summed E-state index contributed by atoms with van der Waals surface area (Å²) in [7, 11) is 0. The van der Waals surface area contributed by atoms with Crippen molar-refractivity contribution in [3.63, 3.8) is 0 Å². The molecule has 0 aromatic heterocycles. The first-order chi connectivity index (χ1) is 8.46. The van der Waals surface area contributed by atoms with Gasteiger partial charge in [0.1, 0.15) is 0 Å². The van der Waals surface area contributed by atoms with Crippen LogP contribution in [0.1, 0.15) is 38.9 Å². The van der Waals surface area contributed by atoms with Gasteiger partial charge in [-0.1, -0.05) is 23.7 Å². The molecule has 3 heteroatoms. The molecule has 0 spiro atoms. The van der Waals surface area contributed by atoms with Gasteiger partial charge in [0.15, 0.2) is 0 Å². The summed E-state index contributed by atoms with van der Waals surface area (Å²) in [6.07, 6.45) is 1.33. The predicted octanol–water partition coefficient (Wildman–Crippen LogP) is 3.81. The fraction of sp³-hybridized carbons (Fsp3) is 0.600. The first-order valence-electron chi connectivity index (χ1n) is 6.58. The van der Waals surface area contributed by atoms with Gasteiger partial charge >= 0.3 is 0 Å². The van der Waals surface area contributed by atoms with Crippen LogP contribution in [0, 0.1) is 5.92 Å². The molecule has 1 N–H and O–H groups in total. The third-order valence-electron chi connectivity index (χ3n) is 3.31. The van der Waals surface area contributed by atoms with Gasteiger partial charge in [0.25, 0.3) is 0 Å². The predicted molar refractivity (Wildman–Crippen MR) is 76.0 cm³/mol. The SMILES string of the molecule is CC(C)(C)NCC1CCOC1c1ccc(Cl)cc1. The molecule has 1 fully saturated rings. The van der Waals surface area contributed by atoms with Crippen LogP contribution in [0.15, 0.2) is 24.3 Å². The normalized spacial score (nSPS) is 24.4. The molecule has 2 atom stereocenters. The van der Waals surface area contributed by atoms with Crippen LogP contribution in [0.4, 0.5) is 0 Å². The summed E-state index contributed by atoms with van der Waals surface area (Å²) in [5.41, 5.74) is 1.39. The maximum absolute atomic E-state index is 5.92. The van der Waals surface area contributed by atoms with E-state index < -0.39 is 0 Å². The van der Waals surface area contributed by atoms with Gasteiger partial charge < -0.3 is 10.1 Å². The van der Waals surface area contributed by atoms with E-state index in [9.17, 15) is 0 Å². The minimum absolute atomic E-state index is 0.160. The Hall–Kier alpha value is -0.570. The molecule has 0 radical (unpaired) electrons. The van der Waals surface area contributed by atoms with Gasteiger partial charge in [-0.15, -0.1) is 0 Å². The lowest BCUT2D eigenvalue weighted by atomic mass is 9.94. The zero-order valence-corrected chi connectivity index (χ0v) is 12.1. The Morgan fingerprint density at radius 2 is 1.94 bits per heavy atom. The van der Waals surface area contributed by atoms with Crippen molar-refractivity contribution < 1.29 is 4.74 Å². The molecule has 0 saturated carbocycles. The Morgan fingerprint density at radius 1 is 1.28 bits per heavy atom. The van der Waals surface area contributed by atoms with Crippen molar-refractivity contribution in [2.45, 2.75) is 38.8 Å². The molecule has 1 aromatic carbocycles. The summed E-state index contributed by atoms with van der Waals surface area (Å²) in [5.74, 6) is 0.547. The Balaban J connectivity index is 2.01. The van der Waals surface area contributed by atoms with Gasteiger partial charge in [0.05, 0.1) is 6.10 Å². The standard InChI is InChI=1S/C15H22ClNO/c1-15(2,3)17-10-12-8-9-18-14(12)11-4-6-13(16)7-5-11/h4-7,12,14,17H,8-10H2,1-3H3. The lowest BCUT2D eigenvalue weighted by Crippen LogP contribution is -2.39. The van der Waals surface area contributed by atoms with Crippen molar-refractivity contribution in [2.75, 3.05) is 13.2 Å². The van der Waals surface area contributed by atoms with Crippen LogP contribution in [0.25, 0.3) is 0 Å². The van der Waals surface area contributed by atoms with E-state index in [0.717, 1.165) is 24.6 Å². The molecule has 0 amide bonds. The Bertz CT molecular complexity index is 382. The molecular formula is C15H22ClNO. The minimum Gasteiger partial charge on any atom is -0.373 e. The summed E-state index contributed by atoms with van der Waals surface area (Å²) in [6, 6.07) is 8.02. The van der Waals surface area contributed by atoms with E-state index in [1.165, 1.54) is 5.56 Å². The van der Waals surface area contributed by atoms with Crippen LogP contribution < -0.4 is 5.32 Å². The van der Waals surface area contributed by atoms with Crippen molar-refractivity contribution in [3.8, 4) is 0 Å². The highest BCUT2D eigenvalue weighted by Gasteiger charge is 2.30. The average Bonchev–Trinajstić information content (AvgIpc) is 2.75. The molecule has 2 nitrogen and oxygen atoms in total. The monoisotopic (exact) mass is 267 g/mol. The smallest absolute Gasteiger partial charge is 0.0866 e. The van der Waals surface area contributed by atoms with Gasteiger partial charge in [-0.3, -0.25) is 0 Å². The maximum atomic E-state index is 5.92. The quantitative estimate of drug-likeness (QED) is 0.899. The zero-order chi connectivity index (χ0) is 13.2. The van der Waals surface area contributed by atoms with E-state index in [-0.39, 0.29) is 11.6 Å². The van der Waals surface area contributed by atoms with Gasteiger partial charge in [-0.2, -0.15) is 0 Å². The van der Waals surface area contributed by atoms with Crippen molar-refractivity contribution in [1.29, 1.82) is 0 Å². The molecule has 2 unspecified atom stereocenters. The molecule has 1 aromatic rings. The van der Waals surface area contributed by atoms with Crippen molar-refractivity contribution in [1.82, 2.24) is 5.32 Å². The van der Waals surface area contributed by atoms with Crippen LogP contribution in [-0.4, -0.2) is 18.7 Å². The molecule has 0 bridgehead atoms. The second-order valence-corrected chi connectivity index (χ2v) is 6.46. The summed E-state index contributed by atoms with van der Waals surface area (Å²) >= 11 is 5.92. The second-order valence-electron chi connectivity index (χ2n) is 6.02. The zero-order valence-electron chi connectivity index (χ0n) is 11.4. The lowest BCUT2D eigenvalue weighted by Gasteiger charge is -2.26. The molecule has 1 saturated heterocycles. The van der Waals surface area contributed by atoms with E-state index in [1.54, 1.807) is 0 Å². The van der Waals surface area contributed by atoms with Crippen molar-refractivity contribution in [3.05, 3.63) is 34.9 Å². The van der Waals surface area contributed by atoms with E-state index in [4.69, 9.17) is 16.3 Å². The summed E-state index contributed by atoms with van der Waals surface area (Å²) in [6.45, 7) is 8.43. The molecule has 1 heterocycles. The number of rotatable bonds is 3. The van der Waals surface area contributed by atoms with Crippen LogP contribution in [-0.2, 0) is 4.74 Å². The largest absolute Gasteiger partial charge is 0.373 e. The third-order valence-corrected chi connectivity index (χ3v) is 3.56. The summed E-state index contributed by atoms with van der Waals surface area (Å²) in [4.78, 5) is 0. The molecule has 1 aliphatic heterocycles. The molecule has 1 aliphatic rings. The van der Waals surface area contributed by atoms with Gasteiger partial charge in [0.2, 0.25) is 0 Å². The Kier molecular flexibility index (Phi) is 4.31. The van der Waals surface area contributed by atoms with E-state index in [0.29, 0.717) is 5.92 Å². The highest BCUT2D eigenvalue weighted by atomic mass is 35.5. The van der Waals surface area contributed by atoms with E-state index in [1.807, 2.05) is 12.1 Å². The van der Waals surface area contributed by atoms with Crippen molar-refractivity contribution >= 4 is 11.6 Å². The summed E-state index contributed by atoms with van der Waals surface area (Å²) in [5, 5.41) is 4.35. The molecule has 2 rings (SSSR count). The molecule has 0 aliphatic carbocycles. The van der Waals surface area contributed by atoms with Crippen LogP contribution >= 0.6 is 11.6 Å². The minimum atomic E-state index is 0.160. The Morgan fingerprint density at radius 3 is 2.56 bits per heavy atom. The fourth-order valence-electron chi connectivity index (χ4n) is 2.30. The number of benzene rings is 1. The summed E-state index contributed by atoms with van der Waals surface area (Å²) < 4.78 is 5.87. The average molecular weight is 268 g/mol. The van der Waals surface area contributed by atoms with Gasteiger partial charge in [-0.25, -0.2) is 0 Å². The molecular weight excluding hydrogens is 246 g/mol.